The van der Waals surface area contributed by atoms with E-state index in [1.807, 2.05) is 0 Å². The summed E-state index contributed by atoms with van der Waals surface area (Å²) in [4.78, 5) is 12.2. The molecule has 0 amide bonds. The van der Waals surface area contributed by atoms with Crippen LogP contribution in [0.3, 0.4) is 0 Å². The molecule has 1 aromatic carbocycles. The van der Waals surface area contributed by atoms with Crippen molar-refractivity contribution in [3.05, 3.63) is 40.0 Å². The first-order chi connectivity index (χ1) is 9.10. The van der Waals surface area contributed by atoms with Crippen molar-refractivity contribution in [3.63, 3.8) is 0 Å². The average Bonchev–Trinajstić information content (AvgIpc) is 2.83. The summed E-state index contributed by atoms with van der Waals surface area (Å²) in [6.45, 7) is 0. The molecule has 0 fully saturated rings. The quantitative estimate of drug-likeness (QED) is 0.916. The van der Waals surface area contributed by atoms with Gasteiger partial charge in [0.1, 0.15) is 16.4 Å². The number of methoxy groups -OCH3 is 1. The number of hydrogen-bond acceptors (Lipinski definition) is 3. The third-order valence-corrected chi connectivity index (χ3v) is 4.51. The summed E-state index contributed by atoms with van der Waals surface area (Å²) in [6, 6.07) is 4.83. The van der Waals surface area contributed by atoms with E-state index < -0.39 is 5.97 Å². The summed E-state index contributed by atoms with van der Waals surface area (Å²) in [5, 5.41) is 9.05. The fourth-order valence-electron chi connectivity index (χ4n) is 2.39. The molecule has 0 unspecified atom stereocenters. The Kier molecular flexibility index (Phi) is 2.78. The van der Waals surface area contributed by atoms with Crippen LogP contribution in [0.2, 0.25) is 0 Å². The first-order valence-electron chi connectivity index (χ1n) is 5.83. The van der Waals surface area contributed by atoms with E-state index in [4.69, 9.17) is 9.84 Å². The molecule has 1 aliphatic rings. The fraction of sp³-hybridized carbons (Fsp3) is 0.214. The summed E-state index contributed by atoms with van der Waals surface area (Å²) in [5.41, 5.74) is 2.38. The zero-order valence-corrected chi connectivity index (χ0v) is 11.0. The van der Waals surface area contributed by atoms with E-state index >= 15 is 0 Å². The second kappa shape index (κ2) is 4.35. The topological polar surface area (TPSA) is 46.5 Å². The third-order valence-electron chi connectivity index (χ3n) is 3.31. The molecule has 0 aliphatic heterocycles. The smallest absolute Gasteiger partial charge is 0.345 e. The van der Waals surface area contributed by atoms with Gasteiger partial charge in [-0.1, -0.05) is 0 Å². The van der Waals surface area contributed by atoms with Gasteiger partial charge >= 0.3 is 5.97 Å². The van der Waals surface area contributed by atoms with Gasteiger partial charge in [-0.2, -0.15) is 0 Å². The number of carboxylic acid groups (broad SMARTS) is 1. The van der Waals surface area contributed by atoms with Crippen LogP contribution >= 0.6 is 11.3 Å². The molecule has 0 bridgehead atoms. The van der Waals surface area contributed by atoms with Gasteiger partial charge in [-0.15, -0.1) is 11.3 Å². The third kappa shape index (κ3) is 1.90. The molecule has 3 nitrogen and oxygen atoms in total. The van der Waals surface area contributed by atoms with Gasteiger partial charge in [0.25, 0.3) is 0 Å². The van der Waals surface area contributed by atoms with Crippen LogP contribution in [0.5, 0.6) is 5.75 Å². The predicted octanol–water partition coefficient (Wildman–Crippen LogP) is 3.36. The van der Waals surface area contributed by atoms with Crippen LogP contribution in [0.25, 0.3) is 10.4 Å². The van der Waals surface area contributed by atoms with Gasteiger partial charge in [-0.3, -0.25) is 0 Å². The largest absolute Gasteiger partial charge is 0.497 e. The first-order valence-corrected chi connectivity index (χ1v) is 6.64. The Balaban J connectivity index is 2.22. The van der Waals surface area contributed by atoms with Gasteiger partial charge < -0.3 is 9.84 Å². The van der Waals surface area contributed by atoms with E-state index in [2.05, 4.69) is 0 Å². The van der Waals surface area contributed by atoms with Crippen LogP contribution in [-0.4, -0.2) is 18.2 Å². The van der Waals surface area contributed by atoms with Crippen LogP contribution in [0, 0.1) is 5.82 Å². The average molecular weight is 278 g/mol. The summed E-state index contributed by atoms with van der Waals surface area (Å²) >= 11 is 1.19. The molecule has 0 saturated heterocycles. The standard InChI is InChI=1S/C14H11FO3S/c1-18-8-5-10-9(11(15)6-8)3-2-7-4-12(14(16)17)19-13(7)10/h4-6H,2-3H2,1H3,(H,16,17). The maximum absolute atomic E-state index is 14.0. The molecule has 0 saturated carbocycles. The van der Waals surface area contributed by atoms with Crippen LogP contribution in [0.15, 0.2) is 18.2 Å². The van der Waals surface area contributed by atoms with Gasteiger partial charge in [0.2, 0.25) is 0 Å². The Bertz CT molecular complexity index is 676. The number of ether oxygens (including phenoxy) is 1. The second-order valence-electron chi connectivity index (χ2n) is 4.41. The summed E-state index contributed by atoms with van der Waals surface area (Å²) < 4.78 is 19.1. The summed E-state index contributed by atoms with van der Waals surface area (Å²) in [7, 11) is 1.49. The molecule has 0 atom stereocenters. The molecule has 5 heteroatoms. The summed E-state index contributed by atoms with van der Waals surface area (Å²) in [5.74, 6) is -0.774. The van der Waals surface area contributed by atoms with Gasteiger partial charge in [0.15, 0.2) is 0 Å². The minimum Gasteiger partial charge on any atom is -0.497 e. The Labute approximate surface area is 113 Å². The highest BCUT2D eigenvalue weighted by Crippen LogP contribution is 2.42. The molecule has 1 heterocycles. The van der Waals surface area contributed by atoms with Crippen molar-refractivity contribution in [2.45, 2.75) is 12.8 Å². The number of benzene rings is 1. The van der Waals surface area contributed by atoms with Crippen molar-refractivity contribution in [2.24, 2.45) is 0 Å². The van der Waals surface area contributed by atoms with Crippen LogP contribution in [0.4, 0.5) is 4.39 Å². The van der Waals surface area contributed by atoms with Crippen molar-refractivity contribution < 1.29 is 19.0 Å². The van der Waals surface area contributed by atoms with E-state index in [1.165, 1.54) is 24.5 Å². The van der Waals surface area contributed by atoms with Crippen LogP contribution in [0.1, 0.15) is 20.8 Å². The molecule has 1 aliphatic carbocycles. The number of aromatic carboxylic acids is 1. The minimum absolute atomic E-state index is 0.287. The zero-order valence-electron chi connectivity index (χ0n) is 10.2. The number of carboxylic acids is 1. The van der Waals surface area contributed by atoms with Crippen LogP contribution < -0.4 is 4.74 Å². The van der Waals surface area contributed by atoms with E-state index in [0.29, 0.717) is 29.0 Å². The number of aryl methyl sites for hydroxylation is 1. The summed E-state index contributed by atoms with van der Waals surface area (Å²) in [6.07, 6.45) is 1.27. The van der Waals surface area contributed by atoms with Crippen LogP contribution in [-0.2, 0) is 12.8 Å². The molecule has 1 aromatic heterocycles. The SMILES string of the molecule is COc1cc(F)c2c(c1)-c1sc(C(=O)O)cc1CC2. The molecule has 98 valence electrons. The Hall–Kier alpha value is -1.88. The maximum Gasteiger partial charge on any atom is 0.345 e. The molecule has 2 aromatic rings. The first kappa shape index (κ1) is 12.2. The molecular weight excluding hydrogens is 267 g/mol. The maximum atomic E-state index is 14.0. The number of thiophene rings is 1. The minimum atomic E-state index is -0.940. The number of rotatable bonds is 2. The highest BCUT2D eigenvalue weighted by molar-refractivity contribution is 7.17. The zero-order chi connectivity index (χ0) is 13.6. The van der Waals surface area contributed by atoms with Gasteiger partial charge in [0.05, 0.1) is 7.11 Å². The van der Waals surface area contributed by atoms with Crippen molar-refractivity contribution in [1.82, 2.24) is 0 Å². The Morgan fingerprint density at radius 1 is 1.37 bits per heavy atom. The number of halogens is 1. The van der Waals surface area contributed by atoms with Crippen molar-refractivity contribution in [1.29, 1.82) is 0 Å². The highest BCUT2D eigenvalue weighted by Gasteiger charge is 2.24. The predicted molar refractivity (Wildman–Crippen MR) is 70.6 cm³/mol. The van der Waals surface area contributed by atoms with E-state index in [9.17, 15) is 9.18 Å². The van der Waals surface area contributed by atoms with Gasteiger partial charge in [0, 0.05) is 16.5 Å². The lowest BCUT2D eigenvalue weighted by molar-refractivity contribution is 0.0702. The molecule has 3 rings (SSSR count). The molecule has 19 heavy (non-hydrogen) atoms. The highest BCUT2D eigenvalue weighted by atomic mass is 32.1. The fourth-order valence-corrected chi connectivity index (χ4v) is 3.49. The molecular formula is C14H11FO3S. The lowest BCUT2D eigenvalue weighted by Gasteiger charge is -2.17. The normalized spacial score (nSPS) is 12.7. The lowest BCUT2D eigenvalue weighted by atomic mass is 9.91. The van der Waals surface area contributed by atoms with Crippen molar-refractivity contribution >= 4 is 17.3 Å². The van der Waals surface area contributed by atoms with Gasteiger partial charge in [-0.25, -0.2) is 9.18 Å². The van der Waals surface area contributed by atoms with E-state index in [-0.39, 0.29) is 5.82 Å². The van der Waals surface area contributed by atoms with Crippen molar-refractivity contribution in [2.75, 3.05) is 7.11 Å². The van der Waals surface area contributed by atoms with E-state index in [1.54, 1.807) is 12.1 Å². The van der Waals surface area contributed by atoms with Gasteiger partial charge in [-0.05, 0) is 36.1 Å². The Morgan fingerprint density at radius 2 is 2.16 bits per heavy atom. The Morgan fingerprint density at radius 3 is 2.84 bits per heavy atom. The van der Waals surface area contributed by atoms with Crippen molar-refractivity contribution in [3.8, 4) is 16.2 Å². The molecule has 0 radical (unpaired) electrons. The number of hydrogen-bond donors (Lipinski definition) is 1. The lowest BCUT2D eigenvalue weighted by Crippen LogP contribution is -2.04. The molecule has 1 N–H and O–H groups in total. The monoisotopic (exact) mass is 278 g/mol. The number of fused-ring (bicyclic) bond motifs is 3. The molecule has 0 spiro atoms. The second-order valence-corrected chi connectivity index (χ2v) is 5.46. The van der Waals surface area contributed by atoms with E-state index in [0.717, 1.165) is 16.0 Å². The number of carbonyl (C=O) groups is 1.